The molecule has 0 aliphatic carbocycles. The van der Waals surface area contributed by atoms with Crippen LogP contribution in [-0.2, 0) is 11.3 Å². The van der Waals surface area contributed by atoms with Crippen molar-refractivity contribution < 1.29 is 9.53 Å². The third kappa shape index (κ3) is 7.14. The lowest BCUT2D eigenvalue weighted by atomic mass is 10.1. The summed E-state index contributed by atoms with van der Waals surface area (Å²) in [5.74, 6) is 0. The van der Waals surface area contributed by atoms with E-state index in [1.165, 1.54) is 0 Å². The van der Waals surface area contributed by atoms with Crippen molar-refractivity contribution in [3.05, 3.63) is 29.8 Å². The van der Waals surface area contributed by atoms with Crippen molar-refractivity contribution in [2.24, 2.45) is 0 Å². The molecule has 0 aromatic heterocycles. The van der Waals surface area contributed by atoms with E-state index in [0.29, 0.717) is 12.2 Å². The summed E-state index contributed by atoms with van der Waals surface area (Å²) >= 11 is 0. The second kappa shape index (κ2) is 6.27. The zero-order chi connectivity index (χ0) is 15.4. The predicted octanol–water partition coefficient (Wildman–Crippen LogP) is 3.72. The fraction of sp³-hybridized carbons (Fsp3) is 0.562. The van der Waals surface area contributed by atoms with Crippen LogP contribution >= 0.6 is 0 Å². The minimum absolute atomic E-state index is 0.0441. The lowest BCUT2D eigenvalue weighted by Gasteiger charge is -2.21. The topological polar surface area (TPSA) is 50.4 Å². The van der Waals surface area contributed by atoms with E-state index in [1.54, 1.807) is 6.07 Å². The number of carbonyl (C=O) groups is 1. The molecule has 0 spiro atoms. The van der Waals surface area contributed by atoms with Crippen LogP contribution in [0.25, 0.3) is 0 Å². The smallest absolute Gasteiger partial charge is 0.412 e. The maximum Gasteiger partial charge on any atom is 0.412 e. The third-order valence-corrected chi connectivity index (χ3v) is 2.30. The molecule has 0 saturated heterocycles. The molecule has 0 unspecified atom stereocenters. The van der Waals surface area contributed by atoms with E-state index in [1.807, 2.05) is 32.9 Å². The van der Waals surface area contributed by atoms with Crippen LogP contribution in [0.3, 0.4) is 0 Å². The summed E-state index contributed by atoms with van der Waals surface area (Å²) in [6, 6.07) is 8.82. The average molecular weight is 277 g/mol. The monoisotopic (exact) mass is 277 g/mol. The standard InChI is InChI=1S/C16H25N2O2/c1-15(2,3)17-11-12-8-7-9-13(10-12)18-14(19)20-16(4,5)6/h7-9,17H,11H2,1-6H3,(H,18,19). The van der Waals surface area contributed by atoms with Crippen molar-refractivity contribution in [1.82, 2.24) is 5.32 Å². The Morgan fingerprint density at radius 1 is 1.20 bits per heavy atom. The van der Waals surface area contributed by atoms with Crippen LogP contribution in [0.4, 0.5) is 10.5 Å². The van der Waals surface area contributed by atoms with Gasteiger partial charge < -0.3 is 10.1 Å². The highest BCUT2D eigenvalue weighted by molar-refractivity contribution is 5.84. The van der Waals surface area contributed by atoms with Crippen LogP contribution in [0, 0.1) is 6.07 Å². The van der Waals surface area contributed by atoms with Gasteiger partial charge in [-0.1, -0.05) is 12.1 Å². The first-order valence-electron chi connectivity index (χ1n) is 6.81. The predicted molar refractivity (Wildman–Crippen MR) is 81.7 cm³/mol. The number of carbonyl (C=O) groups excluding carboxylic acids is 1. The molecule has 20 heavy (non-hydrogen) atoms. The highest BCUT2D eigenvalue weighted by Gasteiger charge is 2.16. The summed E-state index contributed by atoms with van der Waals surface area (Å²) in [4.78, 5) is 11.7. The summed E-state index contributed by atoms with van der Waals surface area (Å²) in [5.41, 5.74) is 1.15. The molecule has 1 amide bonds. The molecule has 4 nitrogen and oxygen atoms in total. The molecular weight excluding hydrogens is 252 g/mol. The van der Waals surface area contributed by atoms with Crippen LogP contribution in [0.5, 0.6) is 0 Å². The van der Waals surface area contributed by atoms with Crippen molar-refractivity contribution in [3.63, 3.8) is 0 Å². The number of anilines is 1. The quantitative estimate of drug-likeness (QED) is 0.885. The van der Waals surface area contributed by atoms with Gasteiger partial charge in [0.25, 0.3) is 0 Å². The molecule has 0 fully saturated rings. The summed E-state index contributed by atoms with van der Waals surface area (Å²) in [6.07, 6.45) is -0.463. The maximum absolute atomic E-state index is 11.7. The lowest BCUT2D eigenvalue weighted by molar-refractivity contribution is 0.0636. The first-order chi connectivity index (χ1) is 9.05. The lowest BCUT2D eigenvalue weighted by Crippen LogP contribution is -2.35. The van der Waals surface area contributed by atoms with E-state index >= 15 is 0 Å². The van der Waals surface area contributed by atoms with Gasteiger partial charge in [0.15, 0.2) is 0 Å². The zero-order valence-electron chi connectivity index (χ0n) is 13.3. The Kier molecular flexibility index (Phi) is 5.17. The average Bonchev–Trinajstić information content (AvgIpc) is 2.23. The Morgan fingerprint density at radius 3 is 2.40 bits per heavy atom. The molecule has 0 atom stereocenters. The SMILES string of the molecule is CC(C)(C)NCc1[c]c(NC(=O)OC(C)(C)C)ccc1. The number of hydrogen-bond acceptors (Lipinski definition) is 3. The third-order valence-electron chi connectivity index (χ3n) is 2.30. The summed E-state index contributed by atoms with van der Waals surface area (Å²) < 4.78 is 5.21. The van der Waals surface area contributed by atoms with Crippen molar-refractivity contribution in [2.75, 3.05) is 5.32 Å². The molecule has 0 saturated carbocycles. The van der Waals surface area contributed by atoms with E-state index in [9.17, 15) is 4.79 Å². The van der Waals surface area contributed by atoms with Gasteiger partial charge in [0.2, 0.25) is 0 Å². The van der Waals surface area contributed by atoms with E-state index in [-0.39, 0.29) is 5.54 Å². The molecule has 0 heterocycles. The first kappa shape index (κ1) is 16.5. The number of rotatable bonds is 3. The number of ether oxygens (including phenoxy) is 1. The molecule has 1 radical (unpaired) electrons. The fourth-order valence-electron chi connectivity index (χ4n) is 1.47. The van der Waals surface area contributed by atoms with E-state index in [4.69, 9.17) is 4.74 Å². The Balaban J connectivity index is 2.62. The Labute approximate surface area is 121 Å². The molecular formula is C16H25N2O2. The highest BCUT2D eigenvalue weighted by Crippen LogP contribution is 2.13. The normalized spacial score (nSPS) is 12.1. The van der Waals surface area contributed by atoms with Gasteiger partial charge in [0.1, 0.15) is 5.60 Å². The van der Waals surface area contributed by atoms with Crippen molar-refractivity contribution in [2.45, 2.75) is 59.2 Å². The van der Waals surface area contributed by atoms with Crippen LogP contribution in [0.2, 0.25) is 0 Å². The van der Waals surface area contributed by atoms with E-state index in [0.717, 1.165) is 5.56 Å². The Morgan fingerprint density at radius 2 is 1.85 bits per heavy atom. The van der Waals surface area contributed by atoms with Crippen LogP contribution in [-0.4, -0.2) is 17.2 Å². The number of hydrogen-bond donors (Lipinski definition) is 2. The molecule has 0 bridgehead atoms. The van der Waals surface area contributed by atoms with Gasteiger partial charge in [-0.3, -0.25) is 5.32 Å². The van der Waals surface area contributed by atoms with Crippen molar-refractivity contribution >= 4 is 11.8 Å². The second-order valence-electron chi connectivity index (χ2n) is 6.82. The van der Waals surface area contributed by atoms with Crippen LogP contribution in [0.15, 0.2) is 18.2 Å². The number of benzene rings is 1. The van der Waals surface area contributed by atoms with Gasteiger partial charge in [0.05, 0.1) is 5.69 Å². The van der Waals surface area contributed by atoms with Gasteiger partial charge in [-0.25, -0.2) is 4.79 Å². The molecule has 111 valence electrons. The van der Waals surface area contributed by atoms with Crippen LogP contribution in [0.1, 0.15) is 47.1 Å². The maximum atomic E-state index is 11.7. The minimum Gasteiger partial charge on any atom is -0.444 e. The van der Waals surface area contributed by atoms with E-state index < -0.39 is 11.7 Å². The van der Waals surface area contributed by atoms with E-state index in [2.05, 4.69) is 37.5 Å². The molecule has 4 heteroatoms. The number of nitrogens with one attached hydrogen (secondary N) is 2. The second-order valence-corrected chi connectivity index (χ2v) is 6.82. The molecule has 1 aromatic carbocycles. The van der Waals surface area contributed by atoms with Crippen molar-refractivity contribution in [3.8, 4) is 0 Å². The van der Waals surface area contributed by atoms with Gasteiger partial charge >= 0.3 is 6.09 Å². The van der Waals surface area contributed by atoms with Gasteiger partial charge in [-0.05, 0) is 53.2 Å². The molecule has 1 aromatic rings. The summed E-state index contributed by atoms with van der Waals surface area (Å²) in [7, 11) is 0. The molecule has 0 aliphatic heterocycles. The summed E-state index contributed by atoms with van der Waals surface area (Å²) in [5, 5.41) is 6.07. The van der Waals surface area contributed by atoms with Crippen LogP contribution < -0.4 is 10.6 Å². The Bertz CT molecular complexity index is 456. The zero-order valence-corrected chi connectivity index (χ0v) is 13.3. The molecule has 1 rings (SSSR count). The number of amides is 1. The Hall–Kier alpha value is -1.55. The molecule has 0 aliphatic rings. The summed E-state index contributed by atoms with van der Waals surface area (Å²) in [6.45, 7) is 12.5. The molecule has 2 N–H and O–H groups in total. The van der Waals surface area contributed by atoms with Gasteiger partial charge in [0, 0.05) is 18.2 Å². The van der Waals surface area contributed by atoms with Crippen molar-refractivity contribution in [1.29, 1.82) is 0 Å². The first-order valence-corrected chi connectivity index (χ1v) is 6.81. The minimum atomic E-state index is -0.504. The highest BCUT2D eigenvalue weighted by atomic mass is 16.6. The van der Waals surface area contributed by atoms with Gasteiger partial charge in [-0.15, -0.1) is 0 Å². The van der Waals surface area contributed by atoms with Gasteiger partial charge in [-0.2, -0.15) is 0 Å². The fourth-order valence-corrected chi connectivity index (χ4v) is 1.47. The largest absolute Gasteiger partial charge is 0.444 e.